The first-order chi connectivity index (χ1) is 6.79. The van der Waals surface area contributed by atoms with Gasteiger partial charge in [-0.05, 0) is 22.4 Å². The Hall–Kier alpha value is -1.16. The molecule has 0 saturated carbocycles. The highest BCUT2D eigenvalue weighted by Crippen LogP contribution is 2.19. The van der Waals surface area contributed by atoms with E-state index in [0.717, 1.165) is 11.8 Å². The van der Waals surface area contributed by atoms with Gasteiger partial charge in [-0.2, -0.15) is 11.3 Å². The van der Waals surface area contributed by atoms with Crippen molar-refractivity contribution in [3.8, 4) is 0 Å². The highest BCUT2D eigenvalue weighted by molar-refractivity contribution is 7.07. The van der Waals surface area contributed by atoms with Crippen molar-refractivity contribution in [2.24, 2.45) is 5.92 Å². The number of hydrogen-bond acceptors (Lipinski definition) is 3. The zero-order valence-electron chi connectivity index (χ0n) is 7.68. The van der Waals surface area contributed by atoms with Crippen LogP contribution in [0.2, 0.25) is 0 Å². The molecule has 0 radical (unpaired) electrons. The first kappa shape index (κ1) is 9.40. The molecule has 1 aliphatic rings. The fourth-order valence-corrected chi connectivity index (χ4v) is 2.31. The lowest BCUT2D eigenvalue weighted by molar-refractivity contribution is -0.128. The van der Waals surface area contributed by atoms with Gasteiger partial charge in [-0.15, -0.1) is 0 Å². The summed E-state index contributed by atoms with van der Waals surface area (Å²) in [4.78, 5) is 23.7. The normalized spacial score (nSPS) is 21.6. The zero-order chi connectivity index (χ0) is 9.97. The van der Waals surface area contributed by atoms with E-state index in [1.807, 2.05) is 16.8 Å². The molecule has 74 valence electrons. The van der Waals surface area contributed by atoms with Crippen molar-refractivity contribution in [2.45, 2.75) is 13.0 Å². The summed E-state index contributed by atoms with van der Waals surface area (Å²) in [5, 5.41) is 4.02. The summed E-state index contributed by atoms with van der Waals surface area (Å²) in [6, 6.07) is 2.01. The molecule has 4 heteroatoms. The number of carbonyl (C=O) groups is 2. The molecule has 1 unspecified atom stereocenters. The Morgan fingerprint density at radius 1 is 1.64 bits per heavy atom. The van der Waals surface area contributed by atoms with Gasteiger partial charge in [0.25, 0.3) is 0 Å². The van der Waals surface area contributed by atoms with Gasteiger partial charge in [-0.3, -0.25) is 4.79 Å². The Morgan fingerprint density at radius 3 is 3.07 bits per heavy atom. The molecular formula is C10H11NO2S. The number of thiophene rings is 1. The van der Waals surface area contributed by atoms with E-state index in [1.165, 1.54) is 0 Å². The topological polar surface area (TPSA) is 37.4 Å². The van der Waals surface area contributed by atoms with Gasteiger partial charge in [0.2, 0.25) is 5.91 Å². The van der Waals surface area contributed by atoms with E-state index in [4.69, 9.17) is 0 Å². The molecule has 3 nitrogen and oxygen atoms in total. The molecule has 2 heterocycles. The Kier molecular flexibility index (Phi) is 2.63. The van der Waals surface area contributed by atoms with E-state index in [-0.39, 0.29) is 11.8 Å². The van der Waals surface area contributed by atoms with Crippen LogP contribution in [0.5, 0.6) is 0 Å². The van der Waals surface area contributed by atoms with Crippen molar-refractivity contribution >= 4 is 23.5 Å². The molecule has 1 atom stereocenters. The van der Waals surface area contributed by atoms with Crippen molar-refractivity contribution < 1.29 is 9.59 Å². The predicted molar refractivity (Wildman–Crippen MR) is 53.9 cm³/mol. The summed E-state index contributed by atoms with van der Waals surface area (Å²) in [6.45, 7) is 1.23. The van der Waals surface area contributed by atoms with E-state index in [2.05, 4.69) is 0 Å². The Morgan fingerprint density at radius 2 is 2.50 bits per heavy atom. The summed E-state index contributed by atoms with van der Waals surface area (Å²) in [6.07, 6.45) is 1.26. The largest absolute Gasteiger partial charge is 0.338 e. The molecular weight excluding hydrogens is 198 g/mol. The van der Waals surface area contributed by atoms with Crippen molar-refractivity contribution in [1.29, 1.82) is 0 Å². The molecule has 14 heavy (non-hydrogen) atoms. The predicted octanol–water partition coefficient (Wildman–Crippen LogP) is 1.30. The second-order valence-electron chi connectivity index (χ2n) is 3.51. The lowest BCUT2D eigenvalue weighted by atomic mass is 10.1. The van der Waals surface area contributed by atoms with E-state index < -0.39 is 0 Å². The van der Waals surface area contributed by atoms with Gasteiger partial charge < -0.3 is 9.69 Å². The number of carbonyl (C=O) groups excluding carboxylic acids is 2. The summed E-state index contributed by atoms with van der Waals surface area (Å²) in [7, 11) is 0. The third-order valence-corrected chi connectivity index (χ3v) is 3.12. The highest BCUT2D eigenvalue weighted by Gasteiger charge is 2.28. The molecule has 1 fully saturated rings. The molecule has 0 aromatic carbocycles. The highest BCUT2D eigenvalue weighted by atomic mass is 32.1. The second kappa shape index (κ2) is 3.92. The fourth-order valence-electron chi connectivity index (χ4n) is 1.65. The number of nitrogens with zero attached hydrogens (tertiary/aromatic N) is 1. The molecule has 0 aliphatic carbocycles. The van der Waals surface area contributed by atoms with E-state index in [0.29, 0.717) is 19.5 Å². The van der Waals surface area contributed by atoms with Gasteiger partial charge in [-0.25, -0.2) is 0 Å². The van der Waals surface area contributed by atoms with Gasteiger partial charge >= 0.3 is 0 Å². The molecule has 1 aromatic rings. The van der Waals surface area contributed by atoms with Crippen LogP contribution < -0.4 is 0 Å². The number of hydrogen-bond donors (Lipinski definition) is 0. The average Bonchev–Trinajstić information content (AvgIpc) is 2.78. The van der Waals surface area contributed by atoms with Gasteiger partial charge in [0.15, 0.2) is 0 Å². The standard InChI is InChI=1S/C10H11NO2S/c12-6-9-3-10(13)11(5-9)4-8-1-2-14-7-8/h1-2,6-7,9H,3-5H2. The summed E-state index contributed by atoms with van der Waals surface area (Å²) in [5.74, 6) is -0.00515. The van der Waals surface area contributed by atoms with Gasteiger partial charge in [0.05, 0.1) is 0 Å². The van der Waals surface area contributed by atoms with Crippen LogP contribution in [0.1, 0.15) is 12.0 Å². The SMILES string of the molecule is O=CC1CC(=O)N(Cc2ccsc2)C1. The molecule has 0 bridgehead atoms. The molecule has 2 rings (SSSR count). The first-order valence-corrected chi connectivity index (χ1v) is 5.48. The minimum Gasteiger partial charge on any atom is -0.338 e. The van der Waals surface area contributed by atoms with Crippen LogP contribution in [-0.4, -0.2) is 23.6 Å². The molecule has 0 N–H and O–H groups in total. The van der Waals surface area contributed by atoms with E-state index in [9.17, 15) is 9.59 Å². The maximum atomic E-state index is 11.4. The second-order valence-corrected chi connectivity index (χ2v) is 4.29. The van der Waals surface area contributed by atoms with Crippen LogP contribution in [0.25, 0.3) is 0 Å². The monoisotopic (exact) mass is 209 g/mol. The maximum Gasteiger partial charge on any atom is 0.223 e. The van der Waals surface area contributed by atoms with E-state index in [1.54, 1.807) is 16.2 Å². The first-order valence-electron chi connectivity index (χ1n) is 4.53. The minimum absolute atomic E-state index is 0.0910. The van der Waals surface area contributed by atoms with Crippen LogP contribution in [-0.2, 0) is 16.1 Å². The Bertz CT molecular complexity index is 334. The third kappa shape index (κ3) is 1.85. The molecule has 1 saturated heterocycles. The molecule has 1 aliphatic heterocycles. The summed E-state index contributed by atoms with van der Waals surface area (Å²) >= 11 is 1.62. The lowest BCUT2D eigenvalue weighted by Gasteiger charge is -2.14. The van der Waals surface area contributed by atoms with Crippen molar-refractivity contribution in [3.63, 3.8) is 0 Å². The molecule has 1 amide bonds. The zero-order valence-corrected chi connectivity index (χ0v) is 8.50. The van der Waals surface area contributed by atoms with Crippen molar-refractivity contribution in [2.75, 3.05) is 6.54 Å². The molecule has 0 spiro atoms. The maximum absolute atomic E-state index is 11.4. The van der Waals surface area contributed by atoms with Gasteiger partial charge in [0, 0.05) is 25.4 Å². The summed E-state index contributed by atoms with van der Waals surface area (Å²) < 4.78 is 0. The van der Waals surface area contributed by atoms with Crippen LogP contribution in [0.4, 0.5) is 0 Å². The third-order valence-electron chi connectivity index (χ3n) is 2.39. The Balaban J connectivity index is 1.99. The van der Waals surface area contributed by atoms with Crippen LogP contribution in [0, 0.1) is 5.92 Å². The Labute approximate surface area is 86.3 Å². The van der Waals surface area contributed by atoms with Crippen LogP contribution >= 0.6 is 11.3 Å². The number of likely N-dealkylation sites (tertiary alicyclic amines) is 1. The summed E-state index contributed by atoms with van der Waals surface area (Å²) in [5.41, 5.74) is 1.15. The smallest absolute Gasteiger partial charge is 0.223 e. The number of rotatable bonds is 3. The van der Waals surface area contributed by atoms with Gasteiger partial charge in [-0.1, -0.05) is 0 Å². The quantitative estimate of drug-likeness (QED) is 0.703. The molecule has 1 aromatic heterocycles. The van der Waals surface area contributed by atoms with Gasteiger partial charge in [0.1, 0.15) is 6.29 Å². The number of aldehydes is 1. The van der Waals surface area contributed by atoms with Crippen molar-refractivity contribution in [3.05, 3.63) is 22.4 Å². The minimum atomic E-state index is -0.0962. The van der Waals surface area contributed by atoms with Crippen LogP contribution in [0.3, 0.4) is 0 Å². The fraction of sp³-hybridized carbons (Fsp3) is 0.400. The van der Waals surface area contributed by atoms with Crippen molar-refractivity contribution in [1.82, 2.24) is 4.90 Å². The average molecular weight is 209 g/mol. The van der Waals surface area contributed by atoms with E-state index >= 15 is 0 Å². The lowest BCUT2D eigenvalue weighted by Crippen LogP contribution is -2.24. The number of amides is 1. The van der Waals surface area contributed by atoms with Crippen LogP contribution in [0.15, 0.2) is 16.8 Å².